The lowest BCUT2D eigenvalue weighted by atomic mass is 10.1. The Kier molecular flexibility index (Phi) is 3.54. The molecule has 0 saturated carbocycles. The van der Waals surface area contributed by atoms with Gasteiger partial charge in [-0.05, 0) is 12.3 Å². The summed E-state index contributed by atoms with van der Waals surface area (Å²) >= 11 is 0. The van der Waals surface area contributed by atoms with E-state index < -0.39 is 5.69 Å². The van der Waals surface area contributed by atoms with Crippen molar-refractivity contribution in [3.63, 3.8) is 0 Å². The van der Waals surface area contributed by atoms with Crippen LogP contribution in [0, 0.1) is 5.92 Å². The van der Waals surface area contributed by atoms with E-state index in [0.29, 0.717) is 12.3 Å². The lowest BCUT2D eigenvalue weighted by Crippen LogP contribution is -2.31. The van der Waals surface area contributed by atoms with Crippen molar-refractivity contribution < 1.29 is 9.90 Å². The zero-order valence-corrected chi connectivity index (χ0v) is 8.78. The SMILES string of the molecule is CC(C)CCC(=O)Nn1c(O)c[nH]c1=O. The van der Waals surface area contributed by atoms with Crippen LogP contribution in [0.4, 0.5) is 0 Å². The third kappa shape index (κ3) is 3.16. The summed E-state index contributed by atoms with van der Waals surface area (Å²) in [5.74, 6) is -0.175. The molecule has 84 valence electrons. The third-order valence-corrected chi connectivity index (χ3v) is 1.94. The van der Waals surface area contributed by atoms with Crippen LogP contribution in [0.1, 0.15) is 26.7 Å². The highest BCUT2D eigenvalue weighted by Crippen LogP contribution is 2.04. The van der Waals surface area contributed by atoms with E-state index in [9.17, 15) is 14.7 Å². The topological polar surface area (TPSA) is 87.1 Å². The van der Waals surface area contributed by atoms with Gasteiger partial charge in [-0.1, -0.05) is 13.8 Å². The first-order valence-electron chi connectivity index (χ1n) is 4.80. The van der Waals surface area contributed by atoms with Crippen molar-refractivity contribution >= 4 is 5.91 Å². The Morgan fingerprint density at radius 2 is 2.33 bits per heavy atom. The molecule has 0 bridgehead atoms. The number of carbonyl (C=O) groups excluding carboxylic acids is 1. The van der Waals surface area contributed by atoms with Crippen molar-refractivity contribution in [3.05, 3.63) is 16.7 Å². The monoisotopic (exact) mass is 213 g/mol. The molecule has 0 fully saturated rings. The maximum atomic E-state index is 11.3. The second-order valence-electron chi connectivity index (χ2n) is 3.75. The zero-order chi connectivity index (χ0) is 11.4. The molecular weight excluding hydrogens is 198 g/mol. The highest BCUT2D eigenvalue weighted by atomic mass is 16.3. The molecule has 0 atom stereocenters. The van der Waals surface area contributed by atoms with E-state index in [-0.39, 0.29) is 11.8 Å². The highest BCUT2D eigenvalue weighted by molar-refractivity contribution is 5.83. The summed E-state index contributed by atoms with van der Waals surface area (Å²) in [4.78, 5) is 24.6. The minimum atomic E-state index is -0.564. The standard InChI is InChI=1S/C9H15N3O3/c1-6(2)3-4-7(13)11-12-8(14)5-10-9(12)15/h5-6,14H,3-4H2,1-2H3,(H,10,15)(H,11,13). The molecule has 0 radical (unpaired) electrons. The van der Waals surface area contributed by atoms with Crippen molar-refractivity contribution in [2.75, 3.05) is 5.43 Å². The molecule has 0 aliphatic carbocycles. The lowest BCUT2D eigenvalue weighted by molar-refractivity contribution is -0.117. The molecule has 6 nitrogen and oxygen atoms in total. The number of aromatic amines is 1. The molecule has 15 heavy (non-hydrogen) atoms. The largest absolute Gasteiger partial charge is 0.492 e. The van der Waals surface area contributed by atoms with Crippen LogP contribution >= 0.6 is 0 Å². The first-order chi connectivity index (χ1) is 7.00. The van der Waals surface area contributed by atoms with Crippen LogP contribution in [0.5, 0.6) is 5.88 Å². The predicted octanol–water partition coefficient (Wildman–Crippen LogP) is 0.388. The van der Waals surface area contributed by atoms with E-state index >= 15 is 0 Å². The number of rotatable bonds is 4. The van der Waals surface area contributed by atoms with Crippen molar-refractivity contribution in [1.29, 1.82) is 0 Å². The Bertz CT molecular complexity index is 392. The van der Waals surface area contributed by atoms with E-state index in [2.05, 4.69) is 10.4 Å². The fourth-order valence-electron chi connectivity index (χ4n) is 1.07. The molecule has 1 amide bonds. The van der Waals surface area contributed by atoms with Gasteiger partial charge in [0.15, 0.2) is 0 Å². The molecule has 0 spiro atoms. The molecule has 0 aliphatic heterocycles. The average molecular weight is 213 g/mol. The van der Waals surface area contributed by atoms with Crippen LogP contribution in [0.25, 0.3) is 0 Å². The molecule has 1 aromatic heterocycles. The first kappa shape index (κ1) is 11.4. The fraction of sp³-hybridized carbons (Fsp3) is 0.556. The number of aromatic hydroxyl groups is 1. The summed E-state index contributed by atoms with van der Waals surface area (Å²) in [5, 5.41) is 9.17. The normalized spacial score (nSPS) is 10.6. The van der Waals surface area contributed by atoms with E-state index in [1.807, 2.05) is 13.8 Å². The number of imidazole rings is 1. The van der Waals surface area contributed by atoms with Gasteiger partial charge in [0.2, 0.25) is 11.8 Å². The summed E-state index contributed by atoms with van der Waals surface area (Å²) < 4.78 is 0.780. The number of H-pyrrole nitrogens is 1. The molecule has 0 saturated heterocycles. The van der Waals surface area contributed by atoms with Gasteiger partial charge in [-0.2, -0.15) is 4.68 Å². The average Bonchev–Trinajstić information content (AvgIpc) is 2.46. The van der Waals surface area contributed by atoms with E-state index in [0.717, 1.165) is 17.3 Å². The molecular formula is C9H15N3O3. The van der Waals surface area contributed by atoms with Gasteiger partial charge in [-0.15, -0.1) is 0 Å². The molecule has 1 heterocycles. The molecule has 1 aromatic rings. The van der Waals surface area contributed by atoms with Gasteiger partial charge in [0.25, 0.3) is 0 Å². The second-order valence-corrected chi connectivity index (χ2v) is 3.75. The zero-order valence-electron chi connectivity index (χ0n) is 8.78. The van der Waals surface area contributed by atoms with Crippen molar-refractivity contribution in [2.45, 2.75) is 26.7 Å². The van der Waals surface area contributed by atoms with Crippen LogP contribution in [0.15, 0.2) is 11.0 Å². The van der Waals surface area contributed by atoms with Crippen molar-refractivity contribution in [2.24, 2.45) is 5.92 Å². The third-order valence-electron chi connectivity index (χ3n) is 1.94. The molecule has 0 unspecified atom stereocenters. The number of hydrogen-bond acceptors (Lipinski definition) is 3. The van der Waals surface area contributed by atoms with Crippen LogP contribution < -0.4 is 11.1 Å². The summed E-state index contributed by atoms with van der Waals surface area (Å²) in [6, 6.07) is 0. The molecule has 6 heteroatoms. The number of carbonyl (C=O) groups is 1. The minimum absolute atomic E-state index is 0.291. The van der Waals surface area contributed by atoms with E-state index in [4.69, 9.17) is 0 Å². The molecule has 1 rings (SSSR count). The maximum Gasteiger partial charge on any atom is 0.347 e. The van der Waals surface area contributed by atoms with Gasteiger partial charge >= 0.3 is 5.69 Å². The second kappa shape index (κ2) is 4.68. The van der Waals surface area contributed by atoms with Gasteiger partial charge in [0.1, 0.15) is 0 Å². The van der Waals surface area contributed by atoms with Gasteiger partial charge in [-0.25, -0.2) is 4.79 Å². The van der Waals surface area contributed by atoms with Gasteiger partial charge < -0.3 is 10.1 Å². The van der Waals surface area contributed by atoms with E-state index in [1.165, 1.54) is 0 Å². The maximum absolute atomic E-state index is 11.3. The Labute approximate surface area is 86.9 Å². The minimum Gasteiger partial charge on any atom is -0.492 e. The summed E-state index contributed by atoms with van der Waals surface area (Å²) in [6.45, 7) is 4.01. The predicted molar refractivity (Wildman–Crippen MR) is 55.2 cm³/mol. The lowest BCUT2D eigenvalue weighted by Gasteiger charge is -2.06. The number of amides is 1. The van der Waals surface area contributed by atoms with Crippen LogP contribution in [-0.4, -0.2) is 20.7 Å². The van der Waals surface area contributed by atoms with Crippen molar-refractivity contribution in [1.82, 2.24) is 9.66 Å². The molecule has 3 N–H and O–H groups in total. The van der Waals surface area contributed by atoms with Crippen LogP contribution in [0.3, 0.4) is 0 Å². The van der Waals surface area contributed by atoms with Crippen LogP contribution in [-0.2, 0) is 4.79 Å². The summed E-state index contributed by atoms with van der Waals surface area (Å²) in [5.41, 5.74) is 1.73. The smallest absolute Gasteiger partial charge is 0.347 e. The van der Waals surface area contributed by atoms with Crippen molar-refractivity contribution in [3.8, 4) is 5.88 Å². The Morgan fingerprint density at radius 1 is 1.67 bits per heavy atom. The number of aromatic nitrogens is 2. The van der Waals surface area contributed by atoms with Gasteiger partial charge in [0.05, 0.1) is 6.20 Å². The molecule has 0 aliphatic rings. The highest BCUT2D eigenvalue weighted by Gasteiger charge is 2.08. The quantitative estimate of drug-likeness (QED) is 0.676. The van der Waals surface area contributed by atoms with Crippen LogP contribution in [0.2, 0.25) is 0 Å². The fourth-order valence-corrected chi connectivity index (χ4v) is 1.07. The Hall–Kier alpha value is -1.72. The first-order valence-corrected chi connectivity index (χ1v) is 4.80. The number of nitrogens with zero attached hydrogens (tertiary/aromatic N) is 1. The van der Waals surface area contributed by atoms with Gasteiger partial charge in [0, 0.05) is 6.42 Å². The Balaban J connectivity index is 2.55. The molecule has 0 aromatic carbocycles. The van der Waals surface area contributed by atoms with Gasteiger partial charge in [-0.3, -0.25) is 10.2 Å². The summed E-state index contributed by atoms with van der Waals surface area (Å²) in [6.07, 6.45) is 2.19. The number of hydrogen-bond donors (Lipinski definition) is 3. The summed E-state index contributed by atoms with van der Waals surface area (Å²) in [7, 11) is 0. The van der Waals surface area contributed by atoms with E-state index in [1.54, 1.807) is 0 Å². The Morgan fingerprint density at radius 3 is 2.80 bits per heavy atom. The number of nitrogens with one attached hydrogen (secondary N) is 2.